The summed E-state index contributed by atoms with van der Waals surface area (Å²) in [7, 11) is 1.86. The van der Waals surface area contributed by atoms with Gasteiger partial charge in [-0.05, 0) is 26.2 Å². The second-order valence-electron chi connectivity index (χ2n) is 6.14. The van der Waals surface area contributed by atoms with Gasteiger partial charge in [-0.1, -0.05) is 0 Å². The second kappa shape index (κ2) is 6.75. The Kier molecular flexibility index (Phi) is 4.73. The van der Waals surface area contributed by atoms with Crippen LogP contribution in [0.15, 0.2) is 6.33 Å². The zero-order valence-electron chi connectivity index (χ0n) is 13.2. The van der Waals surface area contributed by atoms with E-state index in [4.69, 9.17) is 9.47 Å². The lowest BCUT2D eigenvalue weighted by molar-refractivity contribution is -0.144. The molecule has 2 atom stereocenters. The molecule has 3 rings (SSSR count). The maximum absolute atomic E-state index is 12.4. The van der Waals surface area contributed by atoms with Gasteiger partial charge in [0.25, 0.3) is 0 Å². The number of nitrogens with one attached hydrogen (secondary N) is 1. The van der Waals surface area contributed by atoms with Crippen LogP contribution in [0.3, 0.4) is 0 Å². The van der Waals surface area contributed by atoms with E-state index >= 15 is 0 Å². The van der Waals surface area contributed by atoms with Gasteiger partial charge in [0.1, 0.15) is 12.2 Å². The van der Waals surface area contributed by atoms with E-state index in [0.717, 1.165) is 31.7 Å². The van der Waals surface area contributed by atoms with Crippen LogP contribution >= 0.6 is 0 Å². The highest BCUT2D eigenvalue weighted by molar-refractivity contribution is 5.79. The summed E-state index contributed by atoms with van der Waals surface area (Å²) in [6, 6.07) is 0. The largest absolute Gasteiger partial charge is 0.378 e. The highest BCUT2D eigenvalue weighted by atomic mass is 16.5. The predicted octanol–water partition coefficient (Wildman–Crippen LogP) is 0.951. The average molecular weight is 308 g/mol. The minimum atomic E-state index is -0.00957. The maximum Gasteiger partial charge on any atom is 0.225 e. The molecule has 2 aliphatic rings. The van der Waals surface area contributed by atoms with Crippen LogP contribution in [0.4, 0.5) is 0 Å². The highest BCUT2D eigenvalue weighted by Crippen LogP contribution is 2.33. The average Bonchev–Trinajstić information content (AvgIpc) is 3.11. The lowest BCUT2D eigenvalue weighted by Crippen LogP contribution is -2.45. The molecule has 0 bridgehead atoms. The Morgan fingerprint density at radius 2 is 2.36 bits per heavy atom. The maximum atomic E-state index is 12.4. The molecule has 1 aliphatic carbocycles. The fourth-order valence-electron chi connectivity index (χ4n) is 3.35. The molecule has 7 nitrogen and oxygen atoms in total. The third kappa shape index (κ3) is 3.15. The van der Waals surface area contributed by atoms with Crippen LogP contribution in [0.25, 0.3) is 0 Å². The summed E-state index contributed by atoms with van der Waals surface area (Å²) in [6.45, 7) is 4.01. The number of nitrogens with zero attached hydrogens (tertiary/aromatic N) is 3. The molecular weight excluding hydrogens is 284 g/mol. The van der Waals surface area contributed by atoms with Gasteiger partial charge in [-0.3, -0.25) is 9.89 Å². The minimum Gasteiger partial charge on any atom is -0.378 e. The molecule has 0 unspecified atom stereocenters. The Bertz CT molecular complexity index is 487. The first-order valence-electron chi connectivity index (χ1n) is 8.02. The quantitative estimate of drug-likeness (QED) is 0.846. The first-order valence-corrected chi connectivity index (χ1v) is 8.02. The first-order chi connectivity index (χ1) is 10.7. The zero-order chi connectivity index (χ0) is 15.5. The van der Waals surface area contributed by atoms with Gasteiger partial charge < -0.3 is 14.4 Å². The van der Waals surface area contributed by atoms with E-state index in [9.17, 15) is 4.79 Å². The molecule has 2 fully saturated rings. The molecule has 7 heteroatoms. The molecule has 1 saturated carbocycles. The van der Waals surface area contributed by atoms with Crippen LogP contribution in [0, 0.1) is 5.92 Å². The van der Waals surface area contributed by atoms with Crippen LogP contribution in [0.2, 0.25) is 0 Å². The number of aromatic amines is 1. The van der Waals surface area contributed by atoms with Gasteiger partial charge in [-0.25, -0.2) is 4.98 Å². The van der Waals surface area contributed by atoms with Gasteiger partial charge in [0.05, 0.1) is 12.2 Å². The third-order valence-electron chi connectivity index (χ3n) is 4.67. The van der Waals surface area contributed by atoms with Gasteiger partial charge in [-0.2, -0.15) is 5.10 Å². The Labute approximate surface area is 130 Å². The van der Waals surface area contributed by atoms with E-state index in [-0.39, 0.29) is 30.0 Å². The molecule has 0 radical (unpaired) electrons. The summed E-state index contributed by atoms with van der Waals surface area (Å²) < 4.78 is 11.3. The number of likely N-dealkylation sites (N-methyl/N-ethyl adjacent to an activating group) is 1. The summed E-state index contributed by atoms with van der Waals surface area (Å²) in [5.74, 6) is 1.34. The monoisotopic (exact) mass is 308 g/mol. The molecule has 2 heterocycles. The summed E-state index contributed by atoms with van der Waals surface area (Å²) in [6.07, 6.45) is 4.36. The Morgan fingerprint density at radius 3 is 3.05 bits per heavy atom. The van der Waals surface area contributed by atoms with Crippen molar-refractivity contribution in [2.24, 2.45) is 5.92 Å². The minimum absolute atomic E-state index is 0.00957. The number of hydrogen-bond donors (Lipinski definition) is 1. The van der Waals surface area contributed by atoms with Gasteiger partial charge in [0.15, 0.2) is 0 Å². The van der Waals surface area contributed by atoms with Crippen LogP contribution in [-0.4, -0.2) is 65.0 Å². The van der Waals surface area contributed by atoms with Crippen molar-refractivity contribution in [3.8, 4) is 0 Å². The Hall–Kier alpha value is -1.47. The third-order valence-corrected chi connectivity index (χ3v) is 4.67. The van der Waals surface area contributed by atoms with E-state index in [1.165, 1.54) is 6.33 Å². The second-order valence-corrected chi connectivity index (χ2v) is 6.14. The molecule has 1 saturated heterocycles. The van der Waals surface area contributed by atoms with E-state index in [1.54, 1.807) is 4.90 Å². The number of ether oxygens (including phenoxy) is 2. The number of amides is 1. The van der Waals surface area contributed by atoms with E-state index in [0.29, 0.717) is 13.2 Å². The number of H-pyrrole nitrogens is 1. The van der Waals surface area contributed by atoms with E-state index in [1.807, 2.05) is 14.0 Å². The predicted molar refractivity (Wildman–Crippen MR) is 79.3 cm³/mol. The molecule has 1 aromatic heterocycles. The fraction of sp³-hybridized carbons (Fsp3) is 0.800. The Morgan fingerprint density at radius 1 is 1.55 bits per heavy atom. The van der Waals surface area contributed by atoms with Gasteiger partial charge in [0, 0.05) is 38.6 Å². The lowest BCUT2D eigenvalue weighted by Gasteiger charge is -2.36. The lowest BCUT2D eigenvalue weighted by atomic mass is 9.81. The topological polar surface area (TPSA) is 80.3 Å². The summed E-state index contributed by atoms with van der Waals surface area (Å²) >= 11 is 0. The number of hydrogen-bond acceptors (Lipinski definition) is 5. The summed E-state index contributed by atoms with van der Waals surface area (Å²) in [4.78, 5) is 18.5. The van der Waals surface area contributed by atoms with Crippen molar-refractivity contribution in [1.29, 1.82) is 0 Å². The van der Waals surface area contributed by atoms with E-state index < -0.39 is 0 Å². The van der Waals surface area contributed by atoms with Crippen molar-refractivity contribution in [2.45, 2.75) is 44.3 Å². The number of aromatic nitrogens is 3. The smallest absolute Gasteiger partial charge is 0.225 e. The number of carbonyl (C=O) groups is 1. The molecule has 1 N–H and O–H groups in total. The molecule has 0 spiro atoms. The molecule has 22 heavy (non-hydrogen) atoms. The van der Waals surface area contributed by atoms with Crippen molar-refractivity contribution in [2.75, 3.05) is 26.8 Å². The highest BCUT2D eigenvalue weighted by Gasteiger charge is 2.39. The summed E-state index contributed by atoms with van der Waals surface area (Å²) in [5.41, 5.74) is 0. The molecule has 122 valence electrons. The van der Waals surface area contributed by atoms with Crippen molar-refractivity contribution in [3.05, 3.63) is 12.2 Å². The van der Waals surface area contributed by atoms with Gasteiger partial charge in [0.2, 0.25) is 5.91 Å². The van der Waals surface area contributed by atoms with Crippen LogP contribution < -0.4 is 0 Å². The van der Waals surface area contributed by atoms with Gasteiger partial charge >= 0.3 is 0 Å². The van der Waals surface area contributed by atoms with Crippen molar-refractivity contribution < 1.29 is 14.3 Å². The normalized spacial score (nSPS) is 31.0. The SMILES string of the molecule is CCOC1CC(C(=O)N(C)C[C@H]2OCC[C@H]2c2ncn[nH]2)C1. The van der Waals surface area contributed by atoms with Crippen LogP contribution in [-0.2, 0) is 14.3 Å². The first kappa shape index (κ1) is 15.4. The summed E-state index contributed by atoms with van der Waals surface area (Å²) in [5, 5.41) is 6.82. The molecule has 1 amide bonds. The van der Waals surface area contributed by atoms with Crippen molar-refractivity contribution in [3.63, 3.8) is 0 Å². The molecule has 1 aliphatic heterocycles. The molecule has 1 aromatic rings. The molecule has 0 aromatic carbocycles. The molecular formula is C15H24N4O3. The number of rotatable bonds is 6. The van der Waals surface area contributed by atoms with Crippen LogP contribution in [0.1, 0.15) is 37.9 Å². The van der Waals surface area contributed by atoms with Gasteiger partial charge in [-0.15, -0.1) is 0 Å². The Balaban J connectivity index is 1.51. The standard InChI is InChI=1S/C15H24N4O3/c1-3-21-11-6-10(7-11)15(20)19(2)8-13-12(4-5-22-13)14-16-9-17-18-14/h9-13H,3-8H2,1-2H3,(H,16,17,18)/t10?,11?,12-,13-/m1/s1. The fourth-order valence-corrected chi connectivity index (χ4v) is 3.35. The van der Waals surface area contributed by atoms with Crippen molar-refractivity contribution >= 4 is 5.91 Å². The zero-order valence-corrected chi connectivity index (χ0v) is 13.2. The number of carbonyl (C=O) groups excluding carboxylic acids is 1. The van der Waals surface area contributed by atoms with Crippen molar-refractivity contribution in [1.82, 2.24) is 20.1 Å². The van der Waals surface area contributed by atoms with E-state index in [2.05, 4.69) is 15.2 Å². The van der Waals surface area contributed by atoms with Crippen LogP contribution in [0.5, 0.6) is 0 Å².